The first kappa shape index (κ1) is 20.7. The number of hydrogen-bond acceptors (Lipinski definition) is 3. The van der Waals surface area contributed by atoms with Crippen molar-refractivity contribution in [2.45, 2.75) is 46.0 Å². The Labute approximate surface area is 173 Å². The molecular weight excluding hydrogens is 358 g/mol. The normalized spacial score (nSPS) is 12.1. The molecule has 150 valence electrons. The average molecular weight is 388 g/mol. The maximum absolute atomic E-state index is 11.6. The molecule has 3 aromatic rings. The summed E-state index contributed by atoms with van der Waals surface area (Å²) in [4.78, 5) is 16.5. The largest absolute Gasteiger partial charge is 0.295 e. The molecule has 0 aliphatic rings. The molecule has 4 nitrogen and oxygen atoms in total. The summed E-state index contributed by atoms with van der Waals surface area (Å²) in [6, 6.07) is 16.2. The molecule has 0 amide bonds. The van der Waals surface area contributed by atoms with Crippen LogP contribution >= 0.6 is 0 Å². The monoisotopic (exact) mass is 387 g/mol. The summed E-state index contributed by atoms with van der Waals surface area (Å²) in [5.41, 5.74) is 4.70. The molecule has 4 heteroatoms. The SMILES string of the molecule is CCCCCCCN=C(/C=C\C(C)=O)c1c(-c2ccccc2)nn2ccccc12. The highest BCUT2D eigenvalue weighted by Crippen LogP contribution is 2.27. The second-order valence-corrected chi connectivity index (χ2v) is 7.25. The molecule has 0 radical (unpaired) electrons. The van der Waals surface area contributed by atoms with Crippen molar-refractivity contribution in [3.63, 3.8) is 0 Å². The number of unbranched alkanes of at least 4 members (excludes halogenated alkanes) is 4. The number of carbonyl (C=O) groups excluding carboxylic acids is 1. The third-order valence-corrected chi connectivity index (χ3v) is 4.86. The zero-order valence-corrected chi connectivity index (χ0v) is 17.3. The molecule has 0 unspecified atom stereocenters. The molecule has 0 aliphatic carbocycles. The number of aliphatic imine (C=N–C) groups is 1. The van der Waals surface area contributed by atoms with E-state index in [1.165, 1.54) is 25.7 Å². The van der Waals surface area contributed by atoms with Crippen LogP contribution in [0.15, 0.2) is 71.9 Å². The van der Waals surface area contributed by atoms with Crippen LogP contribution in [0.4, 0.5) is 0 Å². The number of carbonyl (C=O) groups is 1. The predicted octanol–water partition coefficient (Wildman–Crippen LogP) is 5.91. The standard InChI is InChI=1S/C25H29N3O/c1-3-4-5-6-11-18-26-22(17-16-20(2)29)24-23-15-10-12-19-28(23)27-25(24)21-13-8-7-9-14-21/h7-10,12-17,19H,3-6,11,18H2,1-2H3/b17-16-,26-22?. The lowest BCUT2D eigenvalue weighted by Gasteiger charge is -2.05. The van der Waals surface area contributed by atoms with E-state index in [0.717, 1.165) is 41.0 Å². The number of ketones is 1. The highest BCUT2D eigenvalue weighted by molar-refractivity contribution is 6.18. The zero-order valence-electron chi connectivity index (χ0n) is 17.3. The summed E-state index contributed by atoms with van der Waals surface area (Å²) < 4.78 is 1.88. The topological polar surface area (TPSA) is 46.7 Å². The molecule has 0 N–H and O–H groups in total. The van der Waals surface area contributed by atoms with Crippen LogP contribution in [0.2, 0.25) is 0 Å². The van der Waals surface area contributed by atoms with Crippen LogP contribution in [-0.2, 0) is 4.79 Å². The van der Waals surface area contributed by atoms with Gasteiger partial charge in [0.05, 0.1) is 16.8 Å². The molecule has 0 bridgehead atoms. The number of rotatable bonds is 10. The number of benzene rings is 1. The van der Waals surface area contributed by atoms with E-state index in [1.807, 2.05) is 53.2 Å². The Bertz CT molecular complexity index is 999. The third kappa shape index (κ3) is 5.50. The zero-order chi connectivity index (χ0) is 20.5. The van der Waals surface area contributed by atoms with E-state index in [-0.39, 0.29) is 5.78 Å². The van der Waals surface area contributed by atoms with Gasteiger partial charge in [0.1, 0.15) is 5.69 Å². The highest BCUT2D eigenvalue weighted by atomic mass is 16.1. The fraction of sp³-hybridized carbons (Fsp3) is 0.320. The van der Waals surface area contributed by atoms with Crippen LogP contribution < -0.4 is 0 Å². The van der Waals surface area contributed by atoms with Crippen molar-refractivity contribution in [3.05, 3.63) is 72.4 Å². The summed E-state index contributed by atoms with van der Waals surface area (Å²) in [6.07, 6.45) is 11.4. The first-order valence-corrected chi connectivity index (χ1v) is 10.5. The van der Waals surface area contributed by atoms with Crippen LogP contribution in [-0.4, -0.2) is 27.7 Å². The number of hydrogen-bond donors (Lipinski definition) is 0. The molecule has 0 aliphatic heterocycles. The molecule has 0 saturated heterocycles. The smallest absolute Gasteiger partial charge is 0.152 e. The van der Waals surface area contributed by atoms with Crippen LogP contribution in [0.25, 0.3) is 16.8 Å². The van der Waals surface area contributed by atoms with Gasteiger partial charge in [-0.05, 0) is 37.6 Å². The van der Waals surface area contributed by atoms with Gasteiger partial charge in [0, 0.05) is 18.3 Å². The van der Waals surface area contributed by atoms with Crippen molar-refractivity contribution >= 4 is 17.0 Å². The van der Waals surface area contributed by atoms with Crippen LogP contribution in [0.5, 0.6) is 0 Å². The molecule has 0 fully saturated rings. The number of aromatic nitrogens is 2. The summed E-state index contributed by atoms with van der Waals surface area (Å²) in [6.45, 7) is 4.53. The van der Waals surface area contributed by atoms with E-state index in [2.05, 4.69) is 19.1 Å². The molecule has 0 spiro atoms. The maximum atomic E-state index is 11.6. The lowest BCUT2D eigenvalue weighted by atomic mass is 10.0. The number of nitrogens with zero attached hydrogens (tertiary/aromatic N) is 3. The fourth-order valence-corrected chi connectivity index (χ4v) is 3.38. The molecule has 29 heavy (non-hydrogen) atoms. The van der Waals surface area contributed by atoms with Gasteiger partial charge in [0.2, 0.25) is 0 Å². The molecule has 2 aromatic heterocycles. The lowest BCUT2D eigenvalue weighted by Crippen LogP contribution is -2.02. The number of pyridine rings is 1. The Morgan fingerprint density at radius 2 is 1.76 bits per heavy atom. The van der Waals surface area contributed by atoms with Crippen molar-refractivity contribution in [1.29, 1.82) is 0 Å². The molecular formula is C25H29N3O. The predicted molar refractivity (Wildman–Crippen MR) is 121 cm³/mol. The number of fused-ring (bicyclic) bond motifs is 1. The van der Waals surface area contributed by atoms with Gasteiger partial charge in [0.15, 0.2) is 5.78 Å². The van der Waals surface area contributed by atoms with Crippen molar-refractivity contribution in [2.75, 3.05) is 6.54 Å². The summed E-state index contributed by atoms with van der Waals surface area (Å²) in [5, 5.41) is 4.82. The minimum absolute atomic E-state index is 0.0124. The quantitative estimate of drug-likeness (QED) is 0.247. The van der Waals surface area contributed by atoms with E-state index in [1.54, 1.807) is 13.0 Å². The highest BCUT2D eigenvalue weighted by Gasteiger charge is 2.17. The molecule has 0 atom stereocenters. The molecule has 0 saturated carbocycles. The maximum Gasteiger partial charge on any atom is 0.152 e. The van der Waals surface area contributed by atoms with Gasteiger partial charge in [-0.1, -0.05) is 69.0 Å². The summed E-state index contributed by atoms with van der Waals surface area (Å²) >= 11 is 0. The molecule has 2 heterocycles. The van der Waals surface area contributed by atoms with Crippen molar-refractivity contribution in [1.82, 2.24) is 9.61 Å². The Hall–Kier alpha value is -3.01. The van der Waals surface area contributed by atoms with E-state index in [4.69, 9.17) is 10.1 Å². The van der Waals surface area contributed by atoms with E-state index < -0.39 is 0 Å². The first-order chi connectivity index (χ1) is 14.2. The van der Waals surface area contributed by atoms with Crippen molar-refractivity contribution < 1.29 is 4.79 Å². The minimum Gasteiger partial charge on any atom is -0.295 e. The molecule has 1 aromatic carbocycles. The average Bonchev–Trinajstić information content (AvgIpc) is 3.13. The van der Waals surface area contributed by atoms with E-state index in [9.17, 15) is 4.79 Å². The second-order valence-electron chi connectivity index (χ2n) is 7.25. The Morgan fingerprint density at radius 1 is 1.00 bits per heavy atom. The van der Waals surface area contributed by atoms with Gasteiger partial charge in [-0.25, -0.2) is 4.52 Å². The van der Waals surface area contributed by atoms with Gasteiger partial charge in [-0.2, -0.15) is 5.10 Å². The molecule has 3 rings (SSSR count). The van der Waals surface area contributed by atoms with Crippen LogP contribution in [0.3, 0.4) is 0 Å². The fourth-order valence-electron chi connectivity index (χ4n) is 3.38. The van der Waals surface area contributed by atoms with Crippen LogP contribution in [0.1, 0.15) is 51.5 Å². The van der Waals surface area contributed by atoms with Crippen molar-refractivity contribution in [3.8, 4) is 11.3 Å². The lowest BCUT2D eigenvalue weighted by molar-refractivity contribution is -0.112. The summed E-state index contributed by atoms with van der Waals surface area (Å²) in [7, 11) is 0. The van der Waals surface area contributed by atoms with Gasteiger partial charge >= 0.3 is 0 Å². The Balaban J connectivity index is 2.03. The van der Waals surface area contributed by atoms with Gasteiger partial charge in [-0.15, -0.1) is 0 Å². The summed E-state index contributed by atoms with van der Waals surface area (Å²) in [5.74, 6) is 0.0124. The second kappa shape index (κ2) is 10.5. The van der Waals surface area contributed by atoms with E-state index in [0.29, 0.717) is 0 Å². The van der Waals surface area contributed by atoms with Gasteiger partial charge in [0.25, 0.3) is 0 Å². The Morgan fingerprint density at radius 3 is 2.52 bits per heavy atom. The van der Waals surface area contributed by atoms with Gasteiger partial charge in [-0.3, -0.25) is 9.79 Å². The first-order valence-electron chi connectivity index (χ1n) is 10.5. The van der Waals surface area contributed by atoms with E-state index >= 15 is 0 Å². The minimum atomic E-state index is 0.0124. The van der Waals surface area contributed by atoms with Gasteiger partial charge < -0.3 is 0 Å². The number of allylic oxidation sites excluding steroid dienone is 2. The van der Waals surface area contributed by atoms with Crippen molar-refractivity contribution in [2.24, 2.45) is 4.99 Å². The van der Waals surface area contributed by atoms with Crippen LogP contribution in [0, 0.1) is 0 Å². The Kier molecular flexibility index (Phi) is 7.51. The third-order valence-electron chi connectivity index (χ3n) is 4.86.